The molecule has 1 heterocycles. The lowest BCUT2D eigenvalue weighted by molar-refractivity contribution is -0.750. The second-order valence-electron chi connectivity index (χ2n) is 3.28. The van der Waals surface area contributed by atoms with Crippen molar-refractivity contribution in [2.45, 2.75) is 26.8 Å². The number of H-pyrrole nitrogens is 1. The van der Waals surface area contributed by atoms with Gasteiger partial charge in [-0.3, -0.25) is 0 Å². The molecule has 0 amide bonds. The maximum Gasteiger partial charge on any atom is 0.218 e. The van der Waals surface area contributed by atoms with Crippen LogP contribution in [0.15, 0.2) is 12.4 Å². The average molecular weight is 186 g/mol. The Morgan fingerprint density at radius 1 is 1.54 bits per heavy atom. The van der Waals surface area contributed by atoms with Crippen LogP contribution < -0.4 is 10.4 Å². The number of nitrogen functional groups attached to an aromatic ring is 1. The molecule has 0 saturated carbocycles. The van der Waals surface area contributed by atoms with E-state index in [0.717, 1.165) is 25.3 Å². The number of aryl methyl sites for hydroxylation is 1. The number of hydrogen-bond acceptors (Lipinski definition) is 2. The summed E-state index contributed by atoms with van der Waals surface area (Å²) in [5.41, 5.74) is 6.33. The summed E-state index contributed by atoms with van der Waals surface area (Å²) in [7, 11) is 1.00. The van der Waals surface area contributed by atoms with Crippen molar-refractivity contribution in [3.05, 3.63) is 12.4 Å². The molecule has 13 heavy (non-hydrogen) atoms. The Kier molecular flexibility index (Phi) is 5.97. The van der Waals surface area contributed by atoms with Crippen molar-refractivity contribution >= 4 is 5.69 Å². The van der Waals surface area contributed by atoms with Gasteiger partial charge in [-0.1, -0.05) is 13.8 Å². The topological polar surface area (TPSA) is 65.9 Å². The van der Waals surface area contributed by atoms with E-state index in [1.165, 1.54) is 6.42 Å². The van der Waals surface area contributed by atoms with Gasteiger partial charge in [-0.15, -0.1) is 4.68 Å². The molecule has 0 bridgehead atoms. The van der Waals surface area contributed by atoms with Crippen LogP contribution in [-0.4, -0.2) is 17.3 Å². The van der Waals surface area contributed by atoms with Crippen LogP contribution in [0.1, 0.15) is 20.3 Å². The van der Waals surface area contributed by atoms with Crippen LogP contribution in [0.5, 0.6) is 0 Å². The molecule has 0 radical (unpaired) electrons. The number of aromatic nitrogens is 2. The van der Waals surface area contributed by atoms with Crippen LogP contribution in [0.2, 0.25) is 0 Å². The maximum atomic E-state index is 7.00. The molecule has 0 unspecified atom stereocenters. The van der Waals surface area contributed by atoms with Crippen molar-refractivity contribution < 1.29 is 9.79 Å². The number of nitrogens with one attached hydrogen (secondary N) is 1. The summed E-state index contributed by atoms with van der Waals surface area (Å²) in [6.45, 7) is 5.45. The van der Waals surface area contributed by atoms with Crippen LogP contribution in [0.4, 0.5) is 5.69 Å². The molecule has 4 heteroatoms. The lowest BCUT2D eigenvalue weighted by Crippen LogP contribution is -2.35. The summed E-state index contributed by atoms with van der Waals surface area (Å²) in [6.07, 6.45) is 4.91. The average Bonchev–Trinajstić information content (AvgIpc) is 2.52. The second-order valence-corrected chi connectivity index (χ2v) is 3.28. The third kappa shape index (κ3) is 5.25. The Bertz CT molecular complexity index is 220. The zero-order chi connectivity index (χ0) is 10.3. The Morgan fingerprint density at radius 3 is 2.54 bits per heavy atom. The van der Waals surface area contributed by atoms with Gasteiger partial charge in [-0.05, 0) is 5.92 Å². The van der Waals surface area contributed by atoms with Crippen molar-refractivity contribution in [1.82, 2.24) is 5.10 Å². The number of aromatic amines is 1. The standard InChI is InChI=1S/C8H15N3.CH4O/c1-7(2)3-4-11-6-8(9)5-10-11;1-2/h5-7H,3-4,9H2,1-2H3;2H,1H3/p+1. The first-order chi connectivity index (χ1) is 6.18. The van der Waals surface area contributed by atoms with Gasteiger partial charge in [0.25, 0.3) is 0 Å². The highest BCUT2D eigenvalue weighted by Gasteiger charge is 2.03. The first-order valence-electron chi connectivity index (χ1n) is 4.46. The summed E-state index contributed by atoms with van der Waals surface area (Å²) in [5.74, 6) is 0.743. The smallest absolute Gasteiger partial charge is 0.218 e. The zero-order valence-electron chi connectivity index (χ0n) is 8.62. The second kappa shape index (κ2) is 6.48. The summed E-state index contributed by atoms with van der Waals surface area (Å²) < 4.78 is 2.01. The van der Waals surface area contributed by atoms with Crippen molar-refractivity contribution in [2.24, 2.45) is 5.92 Å². The van der Waals surface area contributed by atoms with E-state index in [4.69, 9.17) is 10.8 Å². The van der Waals surface area contributed by atoms with E-state index < -0.39 is 0 Å². The highest BCUT2D eigenvalue weighted by atomic mass is 16.2. The number of rotatable bonds is 3. The quantitative estimate of drug-likeness (QED) is 0.603. The van der Waals surface area contributed by atoms with Crippen molar-refractivity contribution in [1.29, 1.82) is 0 Å². The van der Waals surface area contributed by atoms with E-state index in [9.17, 15) is 0 Å². The van der Waals surface area contributed by atoms with Gasteiger partial charge in [-0.2, -0.15) is 5.10 Å². The van der Waals surface area contributed by atoms with Gasteiger partial charge in [0, 0.05) is 13.5 Å². The Labute approximate surface area is 79.4 Å². The summed E-state index contributed by atoms with van der Waals surface area (Å²) >= 11 is 0. The summed E-state index contributed by atoms with van der Waals surface area (Å²) in [5, 5.41) is 10.1. The lowest BCUT2D eigenvalue weighted by Gasteiger charge is -1.96. The SMILES string of the molecule is CC(C)CC[n+]1cc(N)c[nH]1.CO. The molecule has 1 aromatic heterocycles. The minimum Gasteiger partial charge on any atom is -0.400 e. The largest absolute Gasteiger partial charge is 0.400 e. The van der Waals surface area contributed by atoms with Crippen LogP contribution in [-0.2, 0) is 6.54 Å². The van der Waals surface area contributed by atoms with Gasteiger partial charge in [0.15, 0.2) is 6.54 Å². The molecule has 1 rings (SSSR count). The van der Waals surface area contributed by atoms with Crippen LogP contribution in [0.3, 0.4) is 0 Å². The van der Waals surface area contributed by atoms with Gasteiger partial charge in [0.05, 0.1) is 6.20 Å². The minimum absolute atomic E-state index is 0.743. The van der Waals surface area contributed by atoms with Gasteiger partial charge in [-0.25, -0.2) is 0 Å². The van der Waals surface area contributed by atoms with Crippen molar-refractivity contribution in [3.8, 4) is 0 Å². The fourth-order valence-electron chi connectivity index (χ4n) is 0.938. The summed E-state index contributed by atoms with van der Waals surface area (Å²) in [4.78, 5) is 0. The van der Waals surface area contributed by atoms with Crippen LogP contribution >= 0.6 is 0 Å². The molecule has 0 fully saturated rings. The monoisotopic (exact) mass is 186 g/mol. The third-order valence-electron chi connectivity index (χ3n) is 1.65. The number of hydrogen-bond donors (Lipinski definition) is 3. The Hall–Kier alpha value is -1.03. The van der Waals surface area contributed by atoms with E-state index >= 15 is 0 Å². The lowest BCUT2D eigenvalue weighted by atomic mass is 10.1. The Morgan fingerprint density at radius 2 is 2.15 bits per heavy atom. The fourth-order valence-corrected chi connectivity index (χ4v) is 0.938. The molecule has 0 spiro atoms. The number of nitrogens with two attached hydrogens (primary N) is 1. The van der Waals surface area contributed by atoms with E-state index in [0.29, 0.717) is 0 Å². The van der Waals surface area contributed by atoms with Crippen LogP contribution in [0, 0.1) is 5.92 Å². The molecule has 0 saturated heterocycles. The molecule has 76 valence electrons. The number of aliphatic hydroxyl groups excluding tert-OH is 1. The zero-order valence-corrected chi connectivity index (χ0v) is 8.62. The fraction of sp³-hybridized carbons (Fsp3) is 0.667. The number of aliphatic hydroxyl groups is 1. The van der Waals surface area contributed by atoms with E-state index in [1.807, 2.05) is 10.9 Å². The molecule has 0 aromatic carbocycles. The van der Waals surface area contributed by atoms with Gasteiger partial charge in [0.1, 0.15) is 5.69 Å². The van der Waals surface area contributed by atoms with Crippen molar-refractivity contribution in [2.75, 3.05) is 12.8 Å². The highest BCUT2D eigenvalue weighted by molar-refractivity contribution is 5.27. The van der Waals surface area contributed by atoms with E-state index in [2.05, 4.69) is 18.9 Å². The number of nitrogens with zero attached hydrogens (tertiary/aromatic N) is 1. The molecule has 0 aliphatic rings. The van der Waals surface area contributed by atoms with E-state index in [-0.39, 0.29) is 0 Å². The molecule has 0 aliphatic heterocycles. The van der Waals surface area contributed by atoms with Crippen molar-refractivity contribution in [3.63, 3.8) is 0 Å². The molecule has 0 atom stereocenters. The maximum absolute atomic E-state index is 7.00. The molecular weight excluding hydrogens is 166 g/mol. The molecule has 4 nitrogen and oxygen atoms in total. The first kappa shape index (κ1) is 12.0. The molecule has 1 aromatic rings. The molecule has 0 aliphatic carbocycles. The minimum atomic E-state index is 0.743. The normalized spacial score (nSPS) is 9.62. The molecule has 4 N–H and O–H groups in total. The van der Waals surface area contributed by atoms with E-state index in [1.54, 1.807) is 6.20 Å². The summed E-state index contributed by atoms with van der Waals surface area (Å²) in [6, 6.07) is 0. The van der Waals surface area contributed by atoms with Gasteiger partial charge >= 0.3 is 0 Å². The predicted octanol–water partition coefficient (Wildman–Crippen LogP) is 0.539. The number of anilines is 1. The third-order valence-corrected chi connectivity index (χ3v) is 1.65. The van der Waals surface area contributed by atoms with Gasteiger partial charge in [0.2, 0.25) is 6.20 Å². The Balaban J connectivity index is 0.000000671. The first-order valence-corrected chi connectivity index (χ1v) is 4.46. The highest BCUT2D eigenvalue weighted by Crippen LogP contribution is 1.98. The predicted molar refractivity (Wildman–Crippen MR) is 53.0 cm³/mol. The van der Waals surface area contributed by atoms with Crippen LogP contribution in [0.25, 0.3) is 0 Å². The molecular formula is C9H20N3O+. The van der Waals surface area contributed by atoms with Gasteiger partial charge < -0.3 is 10.8 Å².